The van der Waals surface area contributed by atoms with Crippen LogP contribution in [0.1, 0.15) is 15.2 Å². The van der Waals surface area contributed by atoms with E-state index in [1.165, 1.54) is 4.90 Å². The summed E-state index contributed by atoms with van der Waals surface area (Å²) in [4.78, 5) is 43.5. The van der Waals surface area contributed by atoms with Crippen LogP contribution in [0.5, 0.6) is 0 Å². The molecular formula is C29H33N7O2S. The van der Waals surface area contributed by atoms with Crippen molar-refractivity contribution in [2.75, 3.05) is 58.0 Å². The van der Waals surface area contributed by atoms with Crippen molar-refractivity contribution in [2.45, 2.75) is 12.5 Å². The molecule has 2 aromatic carbocycles. The Morgan fingerprint density at radius 3 is 2.49 bits per heavy atom. The second-order valence-electron chi connectivity index (χ2n) is 10.0. The van der Waals surface area contributed by atoms with E-state index < -0.39 is 6.04 Å². The van der Waals surface area contributed by atoms with E-state index in [1.54, 1.807) is 37.6 Å². The molecule has 9 nitrogen and oxygen atoms in total. The molecule has 3 heterocycles. The molecule has 0 radical (unpaired) electrons. The van der Waals surface area contributed by atoms with Crippen LogP contribution >= 0.6 is 11.3 Å². The lowest BCUT2D eigenvalue weighted by Crippen LogP contribution is -2.47. The van der Waals surface area contributed by atoms with E-state index in [0.717, 1.165) is 52.7 Å². The zero-order valence-electron chi connectivity index (χ0n) is 22.4. The number of hydrogen-bond acceptors (Lipinski definition) is 8. The molecular weight excluding hydrogens is 510 g/mol. The summed E-state index contributed by atoms with van der Waals surface area (Å²) in [6.45, 7) is 3.55. The minimum Gasteiger partial charge on any atom is -0.368 e. The van der Waals surface area contributed by atoms with Crippen LogP contribution in [-0.4, -0.2) is 84.9 Å². The molecule has 0 aliphatic carbocycles. The summed E-state index contributed by atoms with van der Waals surface area (Å²) in [7, 11) is 5.49. The summed E-state index contributed by atoms with van der Waals surface area (Å²) in [5.41, 5.74) is 8.20. The molecule has 1 unspecified atom stereocenters. The number of rotatable bonds is 7. The summed E-state index contributed by atoms with van der Waals surface area (Å²) >= 11 is 1.62. The van der Waals surface area contributed by atoms with Gasteiger partial charge in [-0.05, 0) is 42.9 Å². The van der Waals surface area contributed by atoms with Gasteiger partial charge in [-0.1, -0.05) is 30.3 Å². The number of nitrogens with one attached hydrogen (secondary N) is 1. The van der Waals surface area contributed by atoms with Crippen LogP contribution in [-0.2, 0) is 11.2 Å². The number of thiophene rings is 1. The van der Waals surface area contributed by atoms with Crippen molar-refractivity contribution in [1.82, 2.24) is 25.1 Å². The topological polar surface area (TPSA) is 108 Å². The van der Waals surface area contributed by atoms with Crippen molar-refractivity contribution < 1.29 is 9.59 Å². The summed E-state index contributed by atoms with van der Waals surface area (Å²) in [5, 5.41) is 3.81. The lowest BCUT2D eigenvalue weighted by Gasteiger charge is -2.33. The van der Waals surface area contributed by atoms with E-state index in [0.29, 0.717) is 17.5 Å². The maximum Gasteiger partial charge on any atom is 0.252 e. The number of aromatic nitrogens is 2. The van der Waals surface area contributed by atoms with Crippen molar-refractivity contribution in [3.63, 3.8) is 0 Å². The molecule has 0 bridgehead atoms. The molecule has 2 amide bonds. The first kappa shape index (κ1) is 26.6. The summed E-state index contributed by atoms with van der Waals surface area (Å²) in [6.07, 6.45) is 0.399. The van der Waals surface area contributed by atoms with Gasteiger partial charge in [-0.3, -0.25) is 9.59 Å². The van der Waals surface area contributed by atoms with E-state index >= 15 is 0 Å². The highest BCUT2D eigenvalue weighted by atomic mass is 32.1. The fourth-order valence-electron chi connectivity index (χ4n) is 4.73. The molecule has 1 aliphatic rings. The third kappa shape index (κ3) is 6.02. The molecule has 39 heavy (non-hydrogen) atoms. The Balaban J connectivity index is 1.37. The Labute approximate surface area is 232 Å². The average molecular weight is 544 g/mol. The summed E-state index contributed by atoms with van der Waals surface area (Å²) < 4.78 is 0. The third-order valence-corrected chi connectivity index (χ3v) is 8.09. The van der Waals surface area contributed by atoms with Gasteiger partial charge < -0.3 is 25.8 Å². The Kier molecular flexibility index (Phi) is 7.76. The number of likely N-dealkylation sites (N-methyl/N-ethyl adjacent to an activating group) is 2. The van der Waals surface area contributed by atoms with Gasteiger partial charge in [0.05, 0.1) is 5.52 Å². The molecule has 1 saturated heterocycles. The van der Waals surface area contributed by atoms with Crippen LogP contribution in [0.3, 0.4) is 0 Å². The van der Waals surface area contributed by atoms with Crippen molar-refractivity contribution in [3.05, 3.63) is 71.1 Å². The van der Waals surface area contributed by atoms with Crippen molar-refractivity contribution >= 4 is 45.8 Å². The maximum absolute atomic E-state index is 13.4. The van der Waals surface area contributed by atoms with Gasteiger partial charge >= 0.3 is 0 Å². The number of carbonyl (C=O) groups excluding carboxylic acids is 2. The number of nitrogens with two attached hydrogens (primary N) is 1. The van der Waals surface area contributed by atoms with Gasteiger partial charge in [0.2, 0.25) is 11.9 Å². The highest BCUT2D eigenvalue weighted by Crippen LogP contribution is 2.29. The van der Waals surface area contributed by atoms with Crippen LogP contribution in [0.4, 0.5) is 11.8 Å². The molecule has 5 rings (SSSR count). The second kappa shape index (κ2) is 11.4. The first-order chi connectivity index (χ1) is 18.8. The monoisotopic (exact) mass is 543 g/mol. The van der Waals surface area contributed by atoms with Crippen LogP contribution in [0.2, 0.25) is 0 Å². The minimum absolute atomic E-state index is 0.164. The highest BCUT2D eigenvalue weighted by Gasteiger charge is 2.25. The van der Waals surface area contributed by atoms with Gasteiger partial charge in [0.15, 0.2) is 0 Å². The number of carbonyl (C=O) groups is 2. The first-order valence-corrected chi connectivity index (χ1v) is 13.8. The van der Waals surface area contributed by atoms with Gasteiger partial charge in [-0.25, -0.2) is 4.98 Å². The van der Waals surface area contributed by atoms with E-state index in [-0.39, 0.29) is 17.8 Å². The Morgan fingerprint density at radius 2 is 1.77 bits per heavy atom. The van der Waals surface area contributed by atoms with Crippen LogP contribution in [0.25, 0.3) is 21.3 Å². The van der Waals surface area contributed by atoms with E-state index in [4.69, 9.17) is 5.73 Å². The molecule has 1 aliphatic heterocycles. The van der Waals surface area contributed by atoms with Gasteiger partial charge in [-0.15, -0.1) is 11.3 Å². The number of piperazine rings is 1. The van der Waals surface area contributed by atoms with Crippen molar-refractivity contribution in [1.29, 1.82) is 0 Å². The SMILES string of the molecule is CN1CCN(c2nc(N)nc3cc(C(=O)NC(Cc4ccc(-c5ccccc5)s4)C(=O)N(C)C)ccc23)CC1. The Bertz CT molecular complexity index is 1480. The molecule has 4 aromatic rings. The highest BCUT2D eigenvalue weighted by molar-refractivity contribution is 7.15. The molecule has 1 atom stereocenters. The molecule has 1 fully saturated rings. The summed E-state index contributed by atoms with van der Waals surface area (Å²) in [6, 6.07) is 18.8. The standard InChI is InChI=1S/C29H33N7O2S/c1-34(2)28(38)24(18-21-10-12-25(39-21)19-7-5-4-6-8-19)31-27(37)20-9-11-22-23(17-20)32-29(30)33-26(22)36-15-13-35(3)14-16-36/h4-12,17,24H,13-16,18H2,1-3H3,(H,31,37)(H2,30,32,33). The fourth-order valence-corrected chi connectivity index (χ4v) is 5.79. The Hall–Kier alpha value is -4.02. The minimum atomic E-state index is -0.707. The van der Waals surface area contributed by atoms with Gasteiger partial charge in [0.1, 0.15) is 11.9 Å². The first-order valence-electron chi connectivity index (χ1n) is 13.0. The van der Waals surface area contributed by atoms with E-state index in [9.17, 15) is 9.59 Å². The van der Waals surface area contributed by atoms with Gasteiger partial charge in [0.25, 0.3) is 5.91 Å². The van der Waals surface area contributed by atoms with E-state index in [2.05, 4.69) is 50.3 Å². The van der Waals surface area contributed by atoms with Crippen LogP contribution < -0.4 is 16.0 Å². The zero-order chi connectivity index (χ0) is 27.5. The predicted octanol–water partition coefficient (Wildman–Crippen LogP) is 3.12. The molecule has 202 valence electrons. The molecule has 2 aromatic heterocycles. The smallest absolute Gasteiger partial charge is 0.252 e. The zero-order valence-corrected chi connectivity index (χ0v) is 23.2. The lowest BCUT2D eigenvalue weighted by molar-refractivity contribution is -0.130. The number of amides is 2. The Morgan fingerprint density at radius 1 is 1.03 bits per heavy atom. The molecule has 10 heteroatoms. The second-order valence-corrected chi connectivity index (χ2v) is 11.2. The average Bonchev–Trinajstić information content (AvgIpc) is 3.41. The third-order valence-electron chi connectivity index (χ3n) is 6.93. The number of fused-ring (bicyclic) bond motifs is 1. The normalized spacial score (nSPS) is 14.8. The fraction of sp³-hybridized carbons (Fsp3) is 0.310. The van der Waals surface area contributed by atoms with Gasteiger partial charge in [-0.2, -0.15) is 4.98 Å². The number of nitrogens with zero attached hydrogens (tertiary/aromatic N) is 5. The van der Waals surface area contributed by atoms with Crippen molar-refractivity contribution in [2.24, 2.45) is 0 Å². The molecule has 0 saturated carbocycles. The van der Waals surface area contributed by atoms with E-state index in [1.807, 2.05) is 30.3 Å². The largest absolute Gasteiger partial charge is 0.368 e. The molecule has 0 spiro atoms. The lowest BCUT2D eigenvalue weighted by atomic mass is 10.1. The summed E-state index contributed by atoms with van der Waals surface area (Å²) in [5.74, 6) is 0.449. The molecule has 3 N–H and O–H groups in total. The van der Waals surface area contributed by atoms with Crippen LogP contribution in [0.15, 0.2) is 60.7 Å². The maximum atomic E-state index is 13.4. The number of benzene rings is 2. The number of hydrogen-bond donors (Lipinski definition) is 2. The quantitative estimate of drug-likeness (QED) is 0.369. The predicted molar refractivity (Wildman–Crippen MR) is 157 cm³/mol. The van der Waals surface area contributed by atoms with Crippen molar-refractivity contribution in [3.8, 4) is 10.4 Å². The number of anilines is 2. The number of nitrogen functional groups attached to an aromatic ring is 1. The van der Waals surface area contributed by atoms with Crippen LogP contribution in [0, 0.1) is 0 Å². The van der Waals surface area contributed by atoms with Gasteiger partial charge in [0, 0.05) is 67.4 Å².